The highest BCUT2D eigenvalue weighted by Gasteiger charge is 2.36. The number of ketones is 1. The van der Waals surface area contributed by atoms with Gasteiger partial charge in [-0.1, -0.05) is 23.0 Å². The second-order valence-corrected chi connectivity index (χ2v) is 7.84. The van der Waals surface area contributed by atoms with Crippen molar-refractivity contribution in [2.75, 3.05) is 37.5 Å². The Labute approximate surface area is 150 Å². The van der Waals surface area contributed by atoms with Gasteiger partial charge in [0.2, 0.25) is 10.0 Å². The molecule has 0 amide bonds. The van der Waals surface area contributed by atoms with Gasteiger partial charge in [-0.2, -0.15) is 0 Å². The SMILES string of the molecule is CS(=O)(=O)N1CCN([n+]2cc(=N)o[n-]2)C(C(=O)COc2ccccc2)C1. The fraction of sp³-hybridized carbons (Fsp3) is 0.400. The van der Waals surface area contributed by atoms with Gasteiger partial charge in [0.15, 0.2) is 5.78 Å². The predicted octanol–water partition coefficient (Wildman–Crippen LogP) is -1.77. The zero-order valence-electron chi connectivity index (χ0n) is 14.1. The molecule has 26 heavy (non-hydrogen) atoms. The van der Waals surface area contributed by atoms with Crippen molar-refractivity contribution in [1.29, 1.82) is 5.41 Å². The lowest BCUT2D eigenvalue weighted by Crippen LogP contribution is -2.73. The van der Waals surface area contributed by atoms with E-state index < -0.39 is 16.1 Å². The number of aromatic nitrogens is 2. The van der Waals surface area contributed by atoms with Crippen molar-refractivity contribution < 1.29 is 27.3 Å². The Morgan fingerprint density at radius 1 is 1.38 bits per heavy atom. The average Bonchev–Trinajstić information content (AvgIpc) is 3.05. The van der Waals surface area contributed by atoms with Crippen LogP contribution in [0, 0.1) is 5.41 Å². The number of carbonyl (C=O) groups excluding carboxylic acids is 1. The highest BCUT2D eigenvalue weighted by atomic mass is 32.2. The number of carbonyl (C=O) groups is 1. The Morgan fingerprint density at radius 3 is 2.73 bits per heavy atom. The van der Waals surface area contributed by atoms with Gasteiger partial charge in [0.25, 0.3) is 11.8 Å². The van der Waals surface area contributed by atoms with Gasteiger partial charge in [0.1, 0.15) is 12.4 Å². The third-order valence-corrected chi connectivity index (χ3v) is 5.27. The summed E-state index contributed by atoms with van der Waals surface area (Å²) < 4.78 is 35.2. The first kappa shape index (κ1) is 18.1. The topological polar surface area (TPSA) is 122 Å². The lowest BCUT2D eigenvalue weighted by atomic mass is 10.1. The highest BCUT2D eigenvalue weighted by molar-refractivity contribution is 7.88. The minimum atomic E-state index is -3.44. The molecule has 1 saturated heterocycles. The summed E-state index contributed by atoms with van der Waals surface area (Å²) in [6.07, 6.45) is 2.42. The summed E-state index contributed by atoms with van der Waals surface area (Å²) >= 11 is 0. The number of hydrogen-bond acceptors (Lipinski definition) is 7. The maximum Gasteiger partial charge on any atom is 0.286 e. The molecule has 1 aliphatic rings. The number of nitrogens with zero attached hydrogens (tertiary/aromatic N) is 4. The van der Waals surface area contributed by atoms with Crippen LogP contribution in [0.25, 0.3) is 0 Å². The van der Waals surface area contributed by atoms with Crippen LogP contribution in [-0.4, -0.2) is 57.0 Å². The molecule has 11 heteroatoms. The Balaban J connectivity index is 1.79. The van der Waals surface area contributed by atoms with E-state index in [0.29, 0.717) is 5.75 Å². The lowest BCUT2D eigenvalue weighted by Gasteiger charge is -2.39. The average molecular weight is 381 g/mol. The standard InChI is InChI=1S/C15H19N5O5S/c1-26(22,23)18-7-8-19(20-10-15(16)25-17-20)13(9-18)14(21)11-24-12-5-3-2-4-6-12/h2-6,10,13,16H,7-9,11H2,1H3. The van der Waals surface area contributed by atoms with Gasteiger partial charge in [-0.05, 0) is 17.4 Å². The summed E-state index contributed by atoms with van der Waals surface area (Å²) in [6, 6.07) is 8.07. The smallest absolute Gasteiger partial charge is 0.286 e. The number of piperazine rings is 1. The van der Waals surface area contributed by atoms with Crippen LogP contribution >= 0.6 is 0 Å². The molecule has 1 fully saturated rings. The number of nitrogens with one attached hydrogen (secondary N) is 1. The molecule has 1 aliphatic heterocycles. The molecule has 0 spiro atoms. The van der Waals surface area contributed by atoms with E-state index in [1.165, 1.54) is 15.3 Å². The third kappa shape index (κ3) is 4.11. The molecule has 2 aromatic rings. The van der Waals surface area contributed by atoms with Crippen molar-refractivity contribution in [3.63, 3.8) is 0 Å². The van der Waals surface area contributed by atoms with Crippen LogP contribution in [0.4, 0.5) is 0 Å². The number of Topliss-reactive ketones (excluding diaryl/α,β-unsaturated/α-hetero) is 1. The summed E-state index contributed by atoms with van der Waals surface area (Å²) in [5.74, 6) is 0.245. The van der Waals surface area contributed by atoms with E-state index in [-0.39, 0.29) is 37.6 Å². The second-order valence-electron chi connectivity index (χ2n) is 5.85. The van der Waals surface area contributed by atoms with E-state index in [1.807, 2.05) is 6.07 Å². The van der Waals surface area contributed by atoms with Crippen LogP contribution in [0.15, 0.2) is 41.1 Å². The lowest BCUT2D eigenvalue weighted by molar-refractivity contribution is -0.766. The first-order chi connectivity index (χ1) is 12.3. The van der Waals surface area contributed by atoms with Crippen molar-refractivity contribution in [2.24, 2.45) is 0 Å². The van der Waals surface area contributed by atoms with E-state index in [1.54, 1.807) is 29.3 Å². The van der Waals surface area contributed by atoms with Crippen molar-refractivity contribution in [2.45, 2.75) is 6.04 Å². The third-order valence-electron chi connectivity index (χ3n) is 4.00. The summed E-state index contributed by atoms with van der Waals surface area (Å²) in [5, 5.41) is 12.7. The Kier molecular flexibility index (Phi) is 5.09. The van der Waals surface area contributed by atoms with E-state index in [4.69, 9.17) is 14.7 Å². The maximum absolute atomic E-state index is 12.7. The van der Waals surface area contributed by atoms with Gasteiger partial charge in [0, 0.05) is 19.6 Å². The van der Waals surface area contributed by atoms with E-state index in [2.05, 4.69) is 5.27 Å². The van der Waals surface area contributed by atoms with Crippen molar-refractivity contribution in [1.82, 2.24) is 9.58 Å². The molecule has 0 radical (unpaired) electrons. The van der Waals surface area contributed by atoms with Gasteiger partial charge < -0.3 is 9.26 Å². The van der Waals surface area contributed by atoms with E-state index in [9.17, 15) is 13.2 Å². The quantitative estimate of drug-likeness (QED) is 0.588. The molecule has 1 N–H and O–H groups in total. The summed E-state index contributed by atoms with van der Waals surface area (Å²) in [6.45, 7) is 0.193. The minimum absolute atomic E-state index is 0.0248. The highest BCUT2D eigenvalue weighted by Crippen LogP contribution is 2.12. The fourth-order valence-corrected chi connectivity index (χ4v) is 3.51. The van der Waals surface area contributed by atoms with Gasteiger partial charge in [0.05, 0.1) is 12.3 Å². The monoisotopic (exact) mass is 381 g/mol. The molecule has 1 unspecified atom stereocenters. The van der Waals surface area contributed by atoms with Crippen LogP contribution in [0.3, 0.4) is 0 Å². The molecule has 1 aromatic carbocycles. The Bertz CT molecular complexity index is 923. The maximum atomic E-state index is 12.7. The van der Waals surface area contributed by atoms with Crippen molar-refractivity contribution in [3.05, 3.63) is 42.1 Å². The van der Waals surface area contributed by atoms with Crippen LogP contribution < -0.4 is 25.4 Å². The first-order valence-corrected chi connectivity index (χ1v) is 9.72. The largest absolute Gasteiger partial charge is 0.486 e. The van der Waals surface area contributed by atoms with Gasteiger partial charge >= 0.3 is 0 Å². The second kappa shape index (κ2) is 7.30. The number of rotatable bonds is 6. The predicted molar refractivity (Wildman–Crippen MR) is 88.3 cm³/mol. The molecule has 3 rings (SSSR count). The zero-order chi connectivity index (χ0) is 18.7. The molecular weight excluding hydrogens is 362 g/mol. The molecule has 1 atom stereocenters. The van der Waals surface area contributed by atoms with Crippen LogP contribution in [-0.2, 0) is 14.8 Å². The molecule has 10 nitrogen and oxygen atoms in total. The zero-order valence-corrected chi connectivity index (χ0v) is 14.9. The Hall–Kier alpha value is -2.66. The van der Waals surface area contributed by atoms with Gasteiger partial charge in [-0.15, -0.1) is 0 Å². The summed E-state index contributed by atoms with van der Waals surface area (Å²) in [4.78, 5) is 14.0. The number of ether oxygens (including phenoxy) is 1. The summed E-state index contributed by atoms with van der Waals surface area (Å²) in [5.41, 5.74) is -0.165. The first-order valence-electron chi connectivity index (χ1n) is 7.87. The number of sulfonamides is 1. The molecule has 140 valence electrons. The van der Waals surface area contributed by atoms with E-state index in [0.717, 1.165) is 6.26 Å². The van der Waals surface area contributed by atoms with Crippen molar-refractivity contribution >= 4 is 15.8 Å². The minimum Gasteiger partial charge on any atom is -0.486 e. The van der Waals surface area contributed by atoms with Crippen LogP contribution in [0.1, 0.15) is 0 Å². The van der Waals surface area contributed by atoms with Crippen LogP contribution in [0.5, 0.6) is 5.75 Å². The molecule has 0 aliphatic carbocycles. The summed E-state index contributed by atoms with van der Waals surface area (Å²) in [7, 11) is -3.44. The van der Waals surface area contributed by atoms with Gasteiger partial charge in [-0.25, -0.2) is 12.7 Å². The fourth-order valence-electron chi connectivity index (χ4n) is 2.69. The van der Waals surface area contributed by atoms with Crippen molar-refractivity contribution in [3.8, 4) is 5.75 Å². The van der Waals surface area contributed by atoms with E-state index >= 15 is 0 Å². The Morgan fingerprint density at radius 2 is 2.12 bits per heavy atom. The molecule has 2 heterocycles. The molecular formula is C15H19N5O5S. The number of benzene rings is 1. The number of hydrogen-bond donors (Lipinski definition) is 1. The normalized spacial score (nSPS) is 18.7. The molecule has 0 bridgehead atoms. The number of para-hydroxylation sites is 1. The molecule has 1 aromatic heterocycles. The van der Waals surface area contributed by atoms with Crippen LogP contribution in [0.2, 0.25) is 0 Å². The molecule has 0 saturated carbocycles. The van der Waals surface area contributed by atoms with Gasteiger partial charge in [-0.3, -0.25) is 15.2 Å².